The van der Waals surface area contributed by atoms with Crippen LogP contribution in [0.1, 0.15) is 21.5 Å². The maximum atomic E-state index is 13.2. The van der Waals surface area contributed by atoms with Gasteiger partial charge in [-0.25, -0.2) is 0 Å². The molecule has 30 heavy (non-hydrogen) atoms. The van der Waals surface area contributed by atoms with Crippen LogP contribution in [0.25, 0.3) is 16.5 Å². The first kappa shape index (κ1) is 19.5. The van der Waals surface area contributed by atoms with E-state index in [0.29, 0.717) is 27.8 Å². The van der Waals surface area contributed by atoms with Gasteiger partial charge in [-0.05, 0) is 55.3 Å². The molecule has 4 aromatic rings. The number of carbonyl (C=O) groups is 1. The lowest BCUT2D eigenvalue weighted by molar-refractivity contribution is 0.102. The standard InChI is InChI=1S/C25H22N2O3/c1-16-11-12-19(13-17(16)2)27-15-23(21-9-4-5-10-22(21)25(27)29)24(28)26-18-7-6-8-20(14-18)30-3/h4-15H,1-3H3,(H,26,28). The highest BCUT2D eigenvalue weighted by Crippen LogP contribution is 2.22. The average molecular weight is 398 g/mol. The molecule has 0 unspecified atom stereocenters. The van der Waals surface area contributed by atoms with Crippen LogP contribution in [-0.2, 0) is 0 Å². The minimum atomic E-state index is -0.294. The number of benzene rings is 3. The number of carbonyl (C=O) groups excluding carboxylic acids is 1. The Morgan fingerprint density at radius 2 is 1.67 bits per heavy atom. The average Bonchev–Trinajstić information content (AvgIpc) is 2.76. The molecular formula is C25H22N2O3. The van der Waals surface area contributed by atoms with Crippen LogP contribution in [0.2, 0.25) is 0 Å². The van der Waals surface area contributed by atoms with Crippen LogP contribution in [0.5, 0.6) is 5.75 Å². The molecule has 0 radical (unpaired) electrons. The van der Waals surface area contributed by atoms with Crippen LogP contribution in [-0.4, -0.2) is 17.6 Å². The molecule has 0 aliphatic rings. The third-order valence-corrected chi connectivity index (χ3v) is 5.27. The largest absolute Gasteiger partial charge is 0.497 e. The van der Waals surface area contributed by atoms with Crippen molar-refractivity contribution in [2.24, 2.45) is 0 Å². The Balaban J connectivity index is 1.86. The van der Waals surface area contributed by atoms with E-state index in [2.05, 4.69) is 5.32 Å². The molecule has 4 rings (SSSR count). The summed E-state index contributed by atoms with van der Waals surface area (Å²) in [4.78, 5) is 26.3. The van der Waals surface area contributed by atoms with Gasteiger partial charge in [-0.15, -0.1) is 0 Å². The van der Waals surface area contributed by atoms with Crippen LogP contribution >= 0.6 is 0 Å². The van der Waals surface area contributed by atoms with E-state index >= 15 is 0 Å². The van der Waals surface area contributed by atoms with Gasteiger partial charge in [0, 0.05) is 34.4 Å². The molecule has 150 valence electrons. The van der Waals surface area contributed by atoms with Crippen molar-refractivity contribution < 1.29 is 9.53 Å². The van der Waals surface area contributed by atoms with Crippen molar-refractivity contribution >= 4 is 22.4 Å². The maximum absolute atomic E-state index is 13.2. The Bertz CT molecular complexity index is 1320. The number of pyridine rings is 1. The first-order chi connectivity index (χ1) is 14.5. The zero-order chi connectivity index (χ0) is 21.3. The highest BCUT2D eigenvalue weighted by atomic mass is 16.5. The van der Waals surface area contributed by atoms with Crippen LogP contribution in [0.3, 0.4) is 0 Å². The summed E-state index contributed by atoms with van der Waals surface area (Å²) in [6.45, 7) is 4.02. The van der Waals surface area contributed by atoms with Gasteiger partial charge in [-0.1, -0.05) is 30.3 Å². The molecule has 0 saturated heterocycles. The van der Waals surface area contributed by atoms with Gasteiger partial charge >= 0.3 is 0 Å². The quantitative estimate of drug-likeness (QED) is 0.534. The summed E-state index contributed by atoms with van der Waals surface area (Å²) < 4.78 is 6.77. The zero-order valence-electron chi connectivity index (χ0n) is 17.1. The lowest BCUT2D eigenvalue weighted by atomic mass is 10.1. The second-order valence-corrected chi connectivity index (χ2v) is 7.22. The highest BCUT2D eigenvalue weighted by Gasteiger charge is 2.16. The molecule has 1 N–H and O–H groups in total. The van der Waals surface area contributed by atoms with Crippen molar-refractivity contribution in [1.82, 2.24) is 4.57 Å². The Labute approximate surface area is 174 Å². The molecule has 0 atom stereocenters. The van der Waals surface area contributed by atoms with E-state index in [-0.39, 0.29) is 11.5 Å². The zero-order valence-corrected chi connectivity index (χ0v) is 17.1. The topological polar surface area (TPSA) is 60.3 Å². The van der Waals surface area contributed by atoms with Crippen LogP contribution in [0.4, 0.5) is 5.69 Å². The summed E-state index contributed by atoms with van der Waals surface area (Å²) in [5.41, 5.74) is 3.83. The van der Waals surface area contributed by atoms with Gasteiger partial charge in [0.15, 0.2) is 0 Å². The fraction of sp³-hybridized carbons (Fsp3) is 0.120. The monoisotopic (exact) mass is 398 g/mol. The second-order valence-electron chi connectivity index (χ2n) is 7.22. The van der Waals surface area contributed by atoms with Gasteiger partial charge in [0.1, 0.15) is 5.75 Å². The van der Waals surface area contributed by atoms with Gasteiger partial charge < -0.3 is 10.1 Å². The van der Waals surface area contributed by atoms with Crippen molar-refractivity contribution in [3.8, 4) is 11.4 Å². The van der Waals surface area contributed by atoms with Crippen molar-refractivity contribution in [3.63, 3.8) is 0 Å². The van der Waals surface area contributed by atoms with Crippen LogP contribution in [0, 0.1) is 13.8 Å². The number of hydrogen-bond acceptors (Lipinski definition) is 3. The summed E-state index contributed by atoms with van der Waals surface area (Å²) in [7, 11) is 1.58. The number of amides is 1. The Kier molecular flexibility index (Phi) is 5.11. The number of nitrogens with zero attached hydrogens (tertiary/aromatic N) is 1. The summed E-state index contributed by atoms with van der Waals surface area (Å²) >= 11 is 0. The number of aromatic nitrogens is 1. The smallest absolute Gasteiger partial charge is 0.262 e. The van der Waals surface area contributed by atoms with E-state index in [0.717, 1.165) is 16.8 Å². The van der Waals surface area contributed by atoms with Crippen molar-refractivity contribution in [2.75, 3.05) is 12.4 Å². The minimum Gasteiger partial charge on any atom is -0.497 e. The normalized spacial score (nSPS) is 10.8. The molecule has 1 aromatic heterocycles. The summed E-state index contributed by atoms with van der Waals surface area (Å²) in [5, 5.41) is 4.02. The van der Waals surface area contributed by atoms with E-state index in [4.69, 9.17) is 4.74 Å². The third kappa shape index (κ3) is 3.57. The SMILES string of the molecule is COc1cccc(NC(=O)c2cn(-c3ccc(C)c(C)c3)c(=O)c3ccccc23)c1. The van der Waals surface area contributed by atoms with Gasteiger partial charge in [-0.2, -0.15) is 0 Å². The minimum absolute atomic E-state index is 0.160. The summed E-state index contributed by atoms with van der Waals surface area (Å²) in [6.07, 6.45) is 1.62. The van der Waals surface area contributed by atoms with Gasteiger partial charge in [0.2, 0.25) is 0 Å². The van der Waals surface area contributed by atoms with E-state index in [9.17, 15) is 9.59 Å². The predicted octanol–water partition coefficient (Wildman–Crippen LogP) is 4.87. The Morgan fingerprint density at radius 3 is 2.40 bits per heavy atom. The lowest BCUT2D eigenvalue weighted by Gasteiger charge is -2.14. The maximum Gasteiger partial charge on any atom is 0.262 e. The molecule has 1 heterocycles. The predicted molar refractivity (Wildman–Crippen MR) is 120 cm³/mol. The van der Waals surface area contributed by atoms with Crippen molar-refractivity contribution in [1.29, 1.82) is 0 Å². The molecule has 0 aliphatic heterocycles. The number of rotatable bonds is 4. The van der Waals surface area contributed by atoms with E-state index in [1.807, 2.05) is 50.2 Å². The highest BCUT2D eigenvalue weighted by molar-refractivity contribution is 6.12. The molecule has 0 fully saturated rings. The number of methoxy groups -OCH3 is 1. The molecule has 0 spiro atoms. The number of anilines is 1. The third-order valence-electron chi connectivity index (χ3n) is 5.27. The van der Waals surface area contributed by atoms with Crippen LogP contribution in [0.15, 0.2) is 77.7 Å². The second kappa shape index (κ2) is 7.87. The molecule has 0 aliphatic carbocycles. The van der Waals surface area contributed by atoms with E-state index in [1.165, 1.54) is 4.57 Å². The van der Waals surface area contributed by atoms with E-state index < -0.39 is 0 Å². The number of fused-ring (bicyclic) bond motifs is 1. The van der Waals surface area contributed by atoms with Gasteiger partial charge in [0.05, 0.1) is 12.7 Å². The van der Waals surface area contributed by atoms with Gasteiger partial charge in [-0.3, -0.25) is 14.2 Å². The first-order valence-electron chi connectivity index (χ1n) is 9.65. The molecule has 0 bridgehead atoms. The molecule has 5 heteroatoms. The Hall–Kier alpha value is -3.86. The number of nitrogens with one attached hydrogen (secondary N) is 1. The Morgan fingerprint density at radius 1 is 0.900 bits per heavy atom. The molecular weight excluding hydrogens is 376 g/mol. The number of hydrogen-bond donors (Lipinski definition) is 1. The summed E-state index contributed by atoms with van der Waals surface area (Å²) in [6, 6.07) is 20.1. The fourth-order valence-electron chi connectivity index (χ4n) is 3.44. The van der Waals surface area contributed by atoms with E-state index in [1.54, 1.807) is 43.6 Å². The van der Waals surface area contributed by atoms with Crippen molar-refractivity contribution in [2.45, 2.75) is 13.8 Å². The fourth-order valence-corrected chi connectivity index (χ4v) is 3.44. The van der Waals surface area contributed by atoms with Crippen LogP contribution < -0.4 is 15.6 Å². The number of aryl methyl sites for hydroxylation is 2. The lowest BCUT2D eigenvalue weighted by Crippen LogP contribution is -2.22. The van der Waals surface area contributed by atoms with Gasteiger partial charge in [0.25, 0.3) is 11.5 Å². The van der Waals surface area contributed by atoms with Crippen molar-refractivity contribution in [3.05, 3.63) is 100.0 Å². The summed E-state index contributed by atoms with van der Waals surface area (Å²) in [5.74, 6) is 0.356. The molecule has 0 saturated carbocycles. The molecule has 1 amide bonds. The molecule has 5 nitrogen and oxygen atoms in total. The molecule has 3 aromatic carbocycles. The number of ether oxygens (including phenoxy) is 1. The first-order valence-corrected chi connectivity index (χ1v) is 9.65.